The van der Waals surface area contributed by atoms with E-state index < -0.39 is 0 Å². The molecule has 0 aromatic heterocycles. The largest absolute Gasteiger partial charge is 0.494 e. The topological polar surface area (TPSA) is 21.3 Å². The van der Waals surface area contributed by atoms with Gasteiger partial charge in [-0.1, -0.05) is 58.4 Å². The van der Waals surface area contributed by atoms with E-state index in [1.54, 1.807) is 0 Å². The van der Waals surface area contributed by atoms with Crippen LogP contribution < -0.4 is 10.1 Å². The van der Waals surface area contributed by atoms with Crippen molar-refractivity contribution in [1.29, 1.82) is 0 Å². The highest BCUT2D eigenvalue weighted by molar-refractivity contribution is 5.54. The zero-order valence-electron chi connectivity index (χ0n) is 14.3. The lowest BCUT2D eigenvalue weighted by molar-refractivity contribution is 0.317. The van der Waals surface area contributed by atoms with Crippen LogP contribution in [0.25, 0.3) is 6.08 Å². The van der Waals surface area contributed by atoms with E-state index in [0.717, 1.165) is 31.9 Å². The maximum atomic E-state index is 5.62. The number of ether oxygens (including phenoxy) is 1. The van der Waals surface area contributed by atoms with Gasteiger partial charge in [0.2, 0.25) is 0 Å². The molecule has 1 aromatic rings. The molecule has 0 saturated carbocycles. The fraction of sp³-hybridized carbons (Fsp3) is 0.579. The molecule has 0 aliphatic rings. The van der Waals surface area contributed by atoms with Crippen molar-refractivity contribution in [2.45, 2.75) is 41.0 Å². The van der Waals surface area contributed by atoms with Crippen molar-refractivity contribution in [2.24, 2.45) is 11.8 Å². The number of hydrogen-bond donors (Lipinski definition) is 1. The van der Waals surface area contributed by atoms with Crippen LogP contribution in [0.2, 0.25) is 0 Å². The molecule has 0 fully saturated rings. The van der Waals surface area contributed by atoms with E-state index >= 15 is 0 Å². The number of hydrogen-bond acceptors (Lipinski definition) is 2. The lowest BCUT2D eigenvalue weighted by Gasteiger charge is -2.14. The van der Waals surface area contributed by atoms with Gasteiger partial charge < -0.3 is 10.1 Å². The maximum absolute atomic E-state index is 5.62. The van der Waals surface area contributed by atoms with E-state index in [-0.39, 0.29) is 0 Å². The van der Waals surface area contributed by atoms with Crippen LogP contribution in [-0.2, 0) is 0 Å². The number of nitrogens with one attached hydrogen (secondary N) is 1. The highest BCUT2D eigenvalue weighted by Gasteiger charge is 2.04. The average Bonchev–Trinajstić information content (AvgIpc) is 2.45. The normalized spacial score (nSPS) is 12.2. The Balaban J connectivity index is 2.66. The number of benzene rings is 1. The Morgan fingerprint density at radius 1 is 1.14 bits per heavy atom. The molecule has 1 aromatic carbocycles. The summed E-state index contributed by atoms with van der Waals surface area (Å²) in [5, 5.41) is 3.53. The van der Waals surface area contributed by atoms with E-state index in [9.17, 15) is 0 Å². The van der Waals surface area contributed by atoms with Crippen LogP contribution in [0.1, 0.15) is 46.6 Å². The van der Waals surface area contributed by atoms with Crippen LogP contribution in [0, 0.1) is 11.8 Å². The molecule has 21 heavy (non-hydrogen) atoms. The fourth-order valence-corrected chi connectivity index (χ4v) is 2.02. The quantitative estimate of drug-likeness (QED) is 0.707. The summed E-state index contributed by atoms with van der Waals surface area (Å²) < 4.78 is 5.62. The van der Waals surface area contributed by atoms with E-state index in [1.165, 1.54) is 11.1 Å². The Bertz CT molecular complexity index is 418. The van der Waals surface area contributed by atoms with Crippen molar-refractivity contribution >= 4 is 6.08 Å². The van der Waals surface area contributed by atoms with E-state index in [0.29, 0.717) is 11.8 Å². The second-order valence-corrected chi connectivity index (χ2v) is 6.32. The van der Waals surface area contributed by atoms with Gasteiger partial charge in [-0.2, -0.15) is 0 Å². The van der Waals surface area contributed by atoms with Crippen molar-refractivity contribution in [3.63, 3.8) is 0 Å². The molecule has 2 nitrogen and oxygen atoms in total. The molecule has 0 aliphatic heterocycles. The summed E-state index contributed by atoms with van der Waals surface area (Å²) in [5.74, 6) is 2.20. The van der Waals surface area contributed by atoms with Gasteiger partial charge in [-0.3, -0.25) is 0 Å². The maximum Gasteiger partial charge on any atom is 0.119 e. The molecule has 118 valence electrons. The Kier molecular flexibility index (Phi) is 8.14. The number of rotatable bonds is 9. The van der Waals surface area contributed by atoms with Gasteiger partial charge in [-0.15, -0.1) is 0 Å². The first-order valence-corrected chi connectivity index (χ1v) is 8.17. The highest BCUT2D eigenvalue weighted by atomic mass is 16.5. The molecular weight excluding hydrogens is 258 g/mol. The van der Waals surface area contributed by atoms with Crippen molar-refractivity contribution in [1.82, 2.24) is 5.32 Å². The molecule has 0 amide bonds. The Hall–Kier alpha value is -1.28. The van der Waals surface area contributed by atoms with Crippen LogP contribution in [0.3, 0.4) is 0 Å². The van der Waals surface area contributed by atoms with Crippen LogP contribution in [0.5, 0.6) is 5.75 Å². The summed E-state index contributed by atoms with van der Waals surface area (Å²) in [6.45, 7) is 13.9. The van der Waals surface area contributed by atoms with E-state index in [2.05, 4.69) is 70.3 Å². The summed E-state index contributed by atoms with van der Waals surface area (Å²) in [4.78, 5) is 0. The molecule has 1 N–H and O–H groups in total. The third-order valence-corrected chi connectivity index (χ3v) is 3.33. The Labute approximate surface area is 130 Å². The molecule has 1 rings (SSSR count). The van der Waals surface area contributed by atoms with Crippen LogP contribution in [0.4, 0.5) is 0 Å². The van der Waals surface area contributed by atoms with Crippen molar-refractivity contribution < 1.29 is 4.74 Å². The summed E-state index contributed by atoms with van der Waals surface area (Å²) in [6, 6.07) is 8.38. The Morgan fingerprint density at radius 3 is 2.33 bits per heavy atom. The molecule has 0 bridgehead atoms. The van der Waals surface area contributed by atoms with Gasteiger partial charge in [0.15, 0.2) is 0 Å². The van der Waals surface area contributed by atoms with Gasteiger partial charge in [-0.25, -0.2) is 0 Å². The van der Waals surface area contributed by atoms with E-state index in [1.807, 2.05) is 0 Å². The minimum Gasteiger partial charge on any atom is -0.494 e. The second kappa shape index (κ2) is 9.62. The van der Waals surface area contributed by atoms with Crippen LogP contribution >= 0.6 is 0 Å². The molecule has 0 unspecified atom stereocenters. The predicted octanol–water partition coefficient (Wildman–Crippen LogP) is 4.76. The molecule has 0 spiro atoms. The third-order valence-electron chi connectivity index (χ3n) is 3.33. The van der Waals surface area contributed by atoms with E-state index in [4.69, 9.17) is 4.74 Å². The summed E-state index contributed by atoms with van der Waals surface area (Å²) in [7, 11) is 0. The molecule has 0 radical (unpaired) electrons. The van der Waals surface area contributed by atoms with Crippen molar-refractivity contribution in [3.05, 3.63) is 35.4 Å². The standard InChI is InChI=1S/C19H31NO/c1-6-11-21-19-9-7-17(8-10-19)12-18(16(4)5)14-20-13-15(2)3/h7-10,12,15-16,20H,6,11,13-14H2,1-5H3. The summed E-state index contributed by atoms with van der Waals surface area (Å²) in [5.41, 5.74) is 2.69. The molecule has 0 heterocycles. The molecule has 0 saturated heterocycles. The molecular formula is C19H31NO. The SMILES string of the molecule is CCCOc1ccc(C=C(CNCC(C)C)C(C)C)cc1. The molecule has 0 atom stereocenters. The van der Waals surface area contributed by atoms with Crippen molar-refractivity contribution in [3.8, 4) is 5.75 Å². The minimum absolute atomic E-state index is 0.556. The smallest absolute Gasteiger partial charge is 0.119 e. The summed E-state index contributed by atoms with van der Waals surface area (Å²) >= 11 is 0. The average molecular weight is 289 g/mol. The first-order valence-electron chi connectivity index (χ1n) is 8.17. The highest BCUT2D eigenvalue weighted by Crippen LogP contribution is 2.17. The molecule has 2 heteroatoms. The van der Waals surface area contributed by atoms with Gasteiger partial charge in [0.1, 0.15) is 5.75 Å². The predicted molar refractivity (Wildman–Crippen MR) is 92.8 cm³/mol. The van der Waals surface area contributed by atoms with Gasteiger partial charge in [0.05, 0.1) is 6.61 Å². The van der Waals surface area contributed by atoms with Crippen molar-refractivity contribution in [2.75, 3.05) is 19.7 Å². The summed E-state index contributed by atoms with van der Waals surface area (Å²) in [6.07, 6.45) is 3.34. The lowest BCUT2D eigenvalue weighted by atomic mass is 10.00. The molecule has 0 aliphatic carbocycles. The minimum atomic E-state index is 0.556. The first-order chi connectivity index (χ1) is 10.0. The van der Waals surface area contributed by atoms with Crippen LogP contribution in [0.15, 0.2) is 29.8 Å². The van der Waals surface area contributed by atoms with Gasteiger partial charge >= 0.3 is 0 Å². The first kappa shape index (κ1) is 17.8. The second-order valence-electron chi connectivity index (χ2n) is 6.32. The lowest BCUT2D eigenvalue weighted by Crippen LogP contribution is -2.23. The van der Waals surface area contributed by atoms with Crippen LogP contribution in [-0.4, -0.2) is 19.7 Å². The van der Waals surface area contributed by atoms with Gasteiger partial charge in [0, 0.05) is 6.54 Å². The Morgan fingerprint density at radius 2 is 1.81 bits per heavy atom. The van der Waals surface area contributed by atoms with Gasteiger partial charge in [0.25, 0.3) is 0 Å². The monoisotopic (exact) mass is 289 g/mol. The zero-order valence-corrected chi connectivity index (χ0v) is 14.3. The zero-order chi connectivity index (χ0) is 15.7. The fourth-order valence-electron chi connectivity index (χ4n) is 2.02. The van der Waals surface area contributed by atoms with Gasteiger partial charge in [-0.05, 0) is 42.5 Å². The third kappa shape index (κ3) is 7.33.